The minimum absolute atomic E-state index is 0.0360. The Hall–Kier alpha value is -1.97. The van der Waals surface area contributed by atoms with Crippen molar-refractivity contribution in [3.05, 3.63) is 12.2 Å². The van der Waals surface area contributed by atoms with Gasteiger partial charge in [-0.05, 0) is 37.5 Å². The molecular formula is C23H40N2O7. The highest BCUT2D eigenvalue weighted by atomic mass is 16.5. The first kappa shape index (κ1) is 28.1. The van der Waals surface area contributed by atoms with Crippen molar-refractivity contribution in [2.24, 2.45) is 17.3 Å². The fourth-order valence-electron chi connectivity index (χ4n) is 3.58. The third-order valence-corrected chi connectivity index (χ3v) is 5.86. The van der Waals surface area contributed by atoms with Crippen molar-refractivity contribution in [2.75, 3.05) is 39.8 Å². The van der Waals surface area contributed by atoms with Gasteiger partial charge < -0.3 is 25.0 Å². The van der Waals surface area contributed by atoms with E-state index in [1.54, 1.807) is 4.90 Å². The van der Waals surface area contributed by atoms with Crippen LogP contribution in [0.1, 0.15) is 59.3 Å². The summed E-state index contributed by atoms with van der Waals surface area (Å²) < 4.78 is 10.7. The first-order valence-electron chi connectivity index (χ1n) is 11.4. The summed E-state index contributed by atoms with van der Waals surface area (Å²) in [5.74, 6) is -0.808. The van der Waals surface area contributed by atoms with Crippen LogP contribution in [0, 0.1) is 17.3 Å². The average Bonchev–Trinajstić information content (AvgIpc) is 2.70. The first-order valence-corrected chi connectivity index (χ1v) is 11.4. The monoisotopic (exact) mass is 456 g/mol. The van der Waals surface area contributed by atoms with E-state index < -0.39 is 17.4 Å². The molecule has 0 heterocycles. The summed E-state index contributed by atoms with van der Waals surface area (Å²) in [6, 6.07) is 0. The molecule has 32 heavy (non-hydrogen) atoms. The van der Waals surface area contributed by atoms with Crippen LogP contribution in [0.25, 0.3) is 0 Å². The molecule has 9 nitrogen and oxygen atoms in total. The number of nitrogens with zero attached hydrogens (tertiary/aromatic N) is 1. The summed E-state index contributed by atoms with van der Waals surface area (Å²) in [6.45, 7) is 7.67. The molecule has 1 amide bonds. The second-order valence-electron chi connectivity index (χ2n) is 8.99. The van der Waals surface area contributed by atoms with Gasteiger partial charge in [-0.15, -0.1) is 0 Å². The number of hydrogen-bond donors (Lipinski definition) is 3. The van der Waals surface area contributed by atoms with E-state index in [1.807, 2.05) is 6.92 Å². The van der Waals surface area contributed by atoms with Crippen LogP contribution in [-0.2, 0) is 23.9 Å². The number of aliphatic carboxylic acids is 2. The van der Waals surface area contributed by atoms with Gasteiger partial charge in [0.1, 0.15) is 13.5 Å². The molecule has 2 unspecified atom stereocenters. The van der Waals surface area contributed by atoms with Gasteiger partial charge in [0.05, 0.1) is 26.1 Å². The number of carbonyl (C=O) groups excluding carboxylic acids is 1. The number of carbonyl (C=O) groups is 3. The predicted octanol–water partition coefficient (Wildman–Crippen LogP) is 2.71. The Bertz CT molecular complexity index is 601. The SMILES string of the molecule is CC(C)C1/C=C/CCC(C)(C(=O)NCCN(COCCC(=O)O)COCCC(=O)O)CC1. The minimum atomic E-state index is -0.941. The summed E-state index contributed by atoms with van der Waals surface area (Å²) in [5.41, 5.74) is -0.418. The first-order chi connectivity index (χ1) is 15.1. The number of amides is 1. The molecule has 0 aromatic heterocycles. The van der Waals surface area contributed by atoms with Gasteiger partial charge in [0, 0.05) is 18.5 Å². The molecule has 1 aliphatic rings. The van der Waals surface area contributed by atoms with Crippen LogP contribution in [0.3, 0.4) is 0 Å². The third kappa shape index (κ3) is 11.6. The quantitative estimate of drug-likeness (QED) is 0.195. The van der Waals surface area contributed by atoms with Crippen LogP contribution in [0.5, 0.6) is 0 Å². The highest BCUT2D eigenvalue weighted by Crippen LogP contribution is 2.35. The van der Waals surface area contributed by atoms with E-state index in [2.05, 4.69) is 31.3 Å². The minimum Gasteiger partial charge on any atom is -0.481 e. The Labute approximate surface area is 191 Å². The zero-order valence-electron chi connectivity index (χ0n) is 19.7. The van der Waals surface area contributed by atoms with Crippen molar-refractivity contribution in [2.45, 2.75) is 59.3 Å². The fraction of sp³-hybridized carbons (Fsp3) is 0.783. The standard InChI is InChI=1S/C23H40N2O7/c1-18(2)19-6-4-5-10-23(3,11-7-19)22(30)24-12-13-25(16-31-14-8-20(26)27)17-32-15-9-21(28)29/h4,6,18-19H,5,7-17H2,1-3H3,(H,24,30)(H,26,27)(H,28,29)/b6-4+. The number of nitrogens with one attached hydrogen (secondary N) is 1. The molecule has 0 bridgehead atoms. The molecule has 0 aromatic rings. The Balaban J connectivity index is 2.51. The molecule has 9 heteroatoms. The molecule has 0 fully saturated rings. The van der Waals surface area contributed by atoms with Gasteiger partial charge in [0.25, 0.3) is 0 Å². The van der Waals surface area contributed by atoms with Crippen LogP contribution in [0.4, 0.5) is 0 Å². The van der Waals surface area contributed by atoms with E-state index in [0.717, 1.165) is 25.7 Å². The normalized spacial score (nSPS) is 22.3. The maximum atomic E-state index is 13.0. The lowest BCUT2D eigenvalue weighted by molar-refractivity contribution is -0.139. The third-order valence-electron chi connectivity index (χ3n) is 5.86. The molecule has 0 saturated heterocycles. The number of hydrogen-bond acceptors (Lipinski definition) is 6. The average molecular weight is 457 g/mol. The molecule has 2 atom stereocenters. The van der Waals surface area contributed by atoms with Crippen molar-refractivity contribution in [1.29, 1.82) is 0 Å². The predicted molar refractivity (Wildman–Crippen MR) is 120 cm³/mol. The van der Waals surface area contributed by atoms with Gasteiger partial charge in [0.2, 0.25) is 5.91 Å². The molecule has 1 aliphatic carbocycles. The number of allylic oxidation sites excluding steroid dienone is 2. The molecule has 0 radical (unpaired) electrons. The lowest BCUT2D eigenvalue weighted by atomic mass is 9.74. The van der Waals surface area contributed by atoms with Gasteiger partial charge in [0.15, 0.2) is 0 Å². The number of carboxylic acids is 2. The van der Waals surface area contributed by atoms with Gasteiger partial charge in [-0.25, -0.2) is 0 Å². The molecule has 184 valence electrons. The van der Waals surface area contributed by atoms with Crippen molar-refractivity contribution < 1.29 is 34.1 Å². The van der Waals surface area contributed by atoms with Gasteiger partial charge >= 0.3 is 11.9 Å². The van der Waals surface area contributed by atoms with Crippen molar-refractivity contribution in [1.82, 2.24) is 10.2 Å². The largest absolute Gasteiger partial charge is 0.481 e. The second-order valence-corrected chi connectivity index (χ2v) is 8.99. The van der Waals surface area contributed by atoms with Gasteiger partial charge in [-0.3, -0.25) is 19.3 Å². The summed E-state index contributed by atoms with van der Waals surface area (Å²) in [6.07, 6.45) is 7.79. The summed E-state index contributed by atoms with van der Waals surface area (Å²) in [5, 5.41) is 20.5. The van der Waals surface area contributed by atoms with E-state index in [9.17, 15) is 14.4 Å². The molecule has 0 aromatic carbocycles. The van der Waals surface area contributed by atoms with Crippen LogP contribution >= 0.6 is 0 Å². The van der Waals surface area contributed by atoms with Crippen LogP contribution in [0.15, 0.2) is 12.2 Å². The van der Waals surface area contributed by atoms with Crippen molar-refractivity contribution in [3.8, 4) is 0 Å². The van der Waals surface area contributed by atoms with Crippen molar-refractivity contribution in [3.63, 3.8) is 0 Å². The van der Waals surface area contributed by atoms with E-state index in [1.165, 1.54) is 0 Å². The summed E-state index contributed by atoms with van der Waals surface area (Å²) in [4.78, 5) is 36.0. The van der Waals surface area contributed by atoms with E-state index in [-0.39, 0.29) is 45.4 Å². The number of carboxylic acid groups (broad SMARTS) is 2. The van der Waals surface area contributed by atoms with Crippen LogP contribution in [-0.4, -0.2) is 72.7 Å². The zero-order chi connectivity index (χ0) is 24.0. The highest BCUT2D eigenvalue weighted by Gasteiger charge is 2.33. The Kier molecular flexibility index (Phi) is 13.1. The number of ether oxygens (including phenoxy) is 2. The van der Waals surface area contributed by atoms with Crippen LogP contribution in [0.2, 0.25) is 0 Å². The molecule has 1 rings (SSSR count). The molecule has 3 N–H and O–H groups in total. The van der Waals surface area contributed by atoms with E-state index >= 15 is 0 Å². The highest BCUT2D eigenvalue weighted by molar-refractivity contribution is 5.82. The summed E-state index contributed by atoms with van der Waals surface area (Å²) >= 11 is 0. The van der Waals surface area contributed by atoms with Gasteiger partial charge in [-0.1, -0.05) is 32.9 Å². The van der Waals surface area contributed by atoms with Crippen LogP contribution < -0.4 is 5.32 Å². The molecule has 0 spiro atoms. The van der Waals surface area contributed by atoms with Gasteiger partial charge in [-0.2, -0.15) is 0 Å². The fourth-order valence-corrected chi connectivity index (χ4v) is 3.58. The second kappa shape index (κ2) is 15.0. The zero-order valence-corrected chi connectivity index (χ0v) is 19.7. The maximum Gasteiger partial charge on any atom is 0.305 e. The molecule has 0 saturated carbocycles. The Morgan fingerprint density at radius 3 is 2.22 bits per heavy atom. The van der Waals surface area contributed by atoms with E-state index in [0.29, 0.717) is 24.9 Å². The lowest BCUT2D eigenvalue weighted by Gasteiger charge is -2.32. The summed E-state index contributed by atoms with van der Waals surface area (Å²) in [7, 11) is 0. The smallest absolute Gasteiger partial charge is 0.305 e. The molecule has 0 aliphatic heterocycles. The number of rotatable bonds is 15. The van der Waals surface area contributed by atoms with E-state index in [4.69, 9.17) is 19.7 Å². The topological polar surface area (TPSA) is 125 Å². The lowest BCUT2D eigenvalue weighted by Crippen LogP contribution is -2.43. The molecular weight excluding hydrogens is 416 g/mol. The van der Waals surface area contributed by atoms with Crippen molar-refractivity contribution >= 4 is 17.8 Å². The maximum absolute atomic E-state index is 13.0. The Morgan fingerprint density at radius 2 is 1.69 bits per heavy atom. The Morgan fingerprint density at radius 1 is 1.09 bits per heavy atom.